The molecule has 0 unspecified atom stereocenters. The van der Waals surface area contributed by atoms with Crippen molar-refractivity contribution < 1.29 is 0 Å². The summed E-state index contributed by atoms with van der Waals surface area (Å²) in [5, 5.41) is 4.04. The predicted molar refractivity (Wildman–Crippen MR) is 92.9 cm³/mol. The van der Waals surface area contributed by atoms with E-state index in [1.54, 1.807) is 18.0 Å². The molecule has 1 N–H and O–H groups in total. The molecule has 0 bridgehead atoms. The van der Waals surface area contributed by atoms with Gasteiger partial charge in [0.1, 0.15) is 5.82 Å². The van der Waals surface area contributed by atoms with E-state index in [-0.39, 0.29) is 4.75 Å². The maximum atomic E-state index is 10.3. The van der Waals surface area contributed by atoms with Crippen molar-refractivity contribution in [3.8, 4) is 0 Å². The molecule has 1 rings (SSSR count). The fraction of sp³-hybridized carbons (Fsp3) is 0.714. The minimum Gasteiger partial charge on any atom is -0.368 e. The number of nitrogens with one attached hydrogen (secondary N) is 1. The summed E-state index contributed by atoms with van der Waals surface area (Å²) in [6.45, 7) is 6.78. The van der Waals surface area contributed by atoms with Crippen molar-refractivity contribution in [2.75, 3.05) is 17.6 Å². The zero-order valence-corrected chi connectivity index (χ0v) is 14.6. The average Bonchev–Trinajstić information content (AvgIpc) is 2.46. The summed E-state index contributed by atoms with van der Waals surface area (Å²) in [5.74, 6) is 1.85. The summed E-state index contributed by atoms with van der Waals surface area (Å²) in [4.78, 5) is 19.1. The lowest BCUT2D eigenvalue weighted by atomic mass is 10.2. The van der Waals surface area contributed by atoms with Crippen molar-refractivity contribution in [2.45, 2.75) is 56.4 Å². The van der Waals surface area contributed by atoms with Crippen molar-refractivity contribution in [1.82, 2.24) is 9.97 Å². The monoisotopic (exact) mass is 328 g/mol. The smallest absolute Gasteiger partial charge is 0.189 e. The van der Waals surface area contributed by atoms with Gasteiger partial charge in [-0.15, -0.1) is 4.91 Å². The van der Waals surface area contributed by atoms with Crippen molar-refractivity contribution in [3.05, 3.63) is 17.2 Å². The third kappa shape index (κ3) is 8.26. The fourth-order valence-corrected chi connectivity index (χ4v) is 2.81. The van der Waals surface area contributed by atoms with Gasteiger partial charge < -0.3 is 5.32 Å². The van der Waals surface area contributed by atoms with Crippen LogP contribution in [0.25, 0.3) is 0 Å². The Labute approximate surface area is 135 Å². The Balaban J connectivity index is 2.39. The van der Waals surface area contributed by atoms with E-state index in [9.17, 15) is 4.91 Å². The van der Waals surface area contributed by atoms with Gasteiger partial charge in [-0.3, -0.25) is 0 Å². The van der Waals surface area contributed by atoms with Gasteiger partial charge in [0.15, 0.2) is 5.16 Å². The van der Waals surface area contributed by atoms with Crippen LogP contribution < -0.4 is 5.32 Å². The van der Waals surface area contributed by atoms with Gasteiger partial charge in [0.25, 0.3) is 0 Å². The lowest BCUT2D eigenvalue weighted by molar-refractivity contribution is 0.706. The minimum atomic E-state index is -0.250. The highest BCUT2D eigenvalue weighted by Crippen LogP contribution is 2.25. The van der Waals surface area contributed by atoms with E-state index in [0.717, 1.165) is 28.7 Å². The van der Waals surface area contributed by atoms with Crippen molar-refractivity contribution in [1.29, 1.82) is 0 Å². The molecule has 1 aromatic heterocycles. The molecule has 0 spiro atoms. The number of hydrogen-bond donors (Lipinski definition) is 1. The highest BCUT2D eigenvalue weighted by molar-refractivity contribution is 7.99. The molecule has 0 saturated heterocycles. The van der Waals surface area contributed by atoms with E-state index in [1.165, 1.54) is 25.7 Å². The van der Waals surface area contributed by atoms with Crippen LogP contribution in [-0.4, -0.2) is 27.0 Å². The van der Waals surface area contributed by atoms with Gasteiger partial charge in [-0.2, -0.15) is 0 Å². The maximum Gasteiger partial charge on any atom is 0.189 e. The van der Waals surface area contributed by atoms with Crippen molar-refractivity contribution in [2.24, 2.45) is 4.58 Å². The predicted octanol–water partition coefficient (Wildman–Crippen LogP) is 4.75. The van der Waals surface area contributed by atoms with Gasteiger partial charge in [0, 0.05) is 35.0 Å². The van der Waals surface area contributed by atoms with Crippen LogP contribution in [0.2, 0.25) is 0 Å². The summed E-state index contributed by atoms with van der Waals surface area (Å²) >= 11 is 2.73. The second kappa shape index (κ2) is 10.00. The topological polar surface area (TPSA) is 67.2 Å². The molecule has 0 fully saturated rings. The van der Waals surface area contributed by atoms with Crippen LogP contribution in [0.1, 0.15) is 46.5 Å². The summed E-state index contributed by atoms with van der Waals surface area (Å²) < 4.78 is 2.64. The van der Waals surface area contributed by atoms with Crippen LogP contribution in [0.3, 0.4) is 0 Å². The van der Waals surface area contributed by atoms with Crippen molar-refractivity contribution in [3.63, 3.8) is 0 Å². The Morgan fingerprint density at radius 1 is 1.33 bits per heavy atom. The van der Waals surface area contributed by atoms with E-state index in [0.29, 0.717) is 6.54 Å². The average molecular weight is 329 g/mol. The Bertz CT molecular complexity index is 429. The lowest BCUT2D eigenvalue weighted by Gasteiger charge is -2.20. The van der Waals surface area contributed by atoms with Crippen LogP contribution in [0.5, 0.6) is 0 Å². The second-order valence-corrected chi connectivity index (χ2v) is 7.91. The normalized spacial score (nSPS) is 11.4. The molecule has 0 aliphatic rings. The SMILES string of the molecule is CCCCCCSc1nccc(NCC(C)(C)SN=O)n1. The highest BCUT2D eigenvalue weighted by atomic mass is 32.2. The number of thioether (sulfide) groups is 1. The summed E-state index contributed by atoms with van der Waals surface area (Å²) in [5.41, 5.74) is 0. The first-order valence-corrected chi connectivity index (χ1v) is 9.04. The third-order valence-electron chi connectivity index (χ3n) is 2.84. The standard InChI is InChI=1S/C14H24N4OS2/c1-4-5-6-7-10-20-13-15-9-8-12(17-13)16-11-14(2,3)21-18-19/h8-9H,4-7,10-11H2,1-3H3,(H,15,16,17). The zero-order chi connectivity index (χ0) is 15.6. The van der Waals surface area contributed by atoms with Crippen molar-refractivity contribution >= 4 is 29.5 Å². The zero-order valence-electron chi connectivity index (χ0n) is 13.0. The van der Waals surface area contributed by atoms with Gasteiger partial charge in [-0.25, -0.2) is 9.97 Å². The summed E-state index contributed by atoms with van der Waals surface area (Å²) in [7, 11) is 0. The number of anilines is 1. The summed E-state index contributed by atoms with van der Waals surface area (Å²) in [6, 6.07) is 1.84. The molecular weight excluding hydrogens is 304 g/mol. The Hall–Kier alpha value is -0.820. The molecule has 0 radical (unpaired) electrons. The van der Waals surface area contributed by atoms with E-state index in [1.807, 2.05) is 19.9 Å². The minimum absolute atomic E-state index is 0.250. The molecule has 21 heavy (non-hydrogen) atoms. The van der Waals surface area contributed by atoms with Gasteiger partial charge >= 0.3 is 0 Å². The number of hydrogen-bond acceptors (Lipinski definition) is 7. The Morgan fingerprint density at radius 2 is 2.14 bits per heavy atom. The van der Waals surface area contributed by atoms with Gasteiger partial charge in [0.05, 0.1) is 4.75 Å². The first kappa shape index (κ1) is 18.2. The molecule has 5 nitrogen and oxygen atoms in total. The van der Waals surface area contributed by atoms with Crippen LogP contribution in [-0.2, 0) is 0 Å². The molecule has 1 heterocycles. The van der Waals surface area contributed by atoms with E-state index in [2.05, 4.69) is 26.8 Å². The molecule has 0 amide bonds. The third-order valence-corrected chi connectivity index (χ3v) is 4.50. The van der Waals surface area contributed by atoms with Crippen LogP contribution >= 0.6 is 23.7 Å². The maximum absolute atomic E-state index is 10.3. The fourth-order valence-electron chi connectivity index (χ4n) is 1.64. The first-order valence-electron chi connectivity index (χ1n) is 7.28. The number of unbranched alkanes of at least 4 members (excludes halogenated alkanes) is 3. The molecule has 0 saturated carbocycles. The van der Waals surface area contributed by atoms with Gasteiger partial charge in [-0.05, 0) is 26.3 Å². The Morgan fingerprint density at radius 3 is 2.86 bits per heavy atom. The molecule has 0 aromatic carbocycles. The second-order valence-electron chi connectivity index (χ2n) is 5.41. The molecule has 1 aromatic rings. The quantitative estimate of drug-likeness (QED) is 0.208. The largest absolute Gasteiger partial charge is 0.368 e. The van der Waals surface area contributed by atoms with Gasteiger partial charge in [-0.1, -0.05) is 37.9 Å². The van der Waals surface area contributed by atoms with Crippen LogP contribution in [0.4, 0.5) is 5.82 Å². The number of aromatic nitrogens is 2. The molecule has 118 valence electrons. The Kier molecular flexibility index (Phi) is 8.68. The van der Waals surface area contributed by atoms with E-state index < -0.39 is 0 Å². The van der Waals surface area contributed by atoms with Crippen LogP contribution in [0.15, 0.2) is 22.0 Å². The molecule has 0 atom stereocenters. The van der Waals surface area contributed by atoms with Crippen LogP contribution in [0, 0.1) is 4.91 Å². The van der Waals surface area contributed by atoms with E-state index >= 15 is 0 Å². The summed E-state index contributed by atoms with van der Waals surface area (Å²) in [6.07, 6.45) is 6.78. The highest BCUT2D eigenvalue weighted by Gasteiger charge is 2.19. The van der Waals surface area contributed by atoms with Gasteiger partial charge in [0.2, 0.25) is 0 Å². The molecule has 0 aliphatic heterocycles. The molecule has 0 aliphatic carbocycles. The first-order chi connectivity index (χ1) is 10.1. The molecule has 7 heteroatoms. The number of rotatable bonds is 11. The van der Waals surface area contributed by atoms with E-state index in [4.69, 9.17) is 0 Å². The number of nitroso groups, excluding NO2 is 1. The molecular formula is C14H24N4OS2. The number of nitrogens with zero attached hydrogens (tertiary/aromatic N) is 3. The lowest BCUT2D eigenvalue weighted by Crippen LogP contribution is -2.26.